The Morgan fingerprint density at radius 3 is 2.54 bits per heavy atom. The fraction of sp³-hybridized carbons (Fsp3) is 0.333. The van der Waals surface area contributed by atoms with E-state index in [1.54, 1.807) is 23.1 Å². The van der Waals surface area contributed by atoms with Crippen molar-refractivity contribution < 1.29 is 14.0 Å². The van der Waals surface area contributed by atoms with Crippen LogP contribution >= 0.6 is 0 Å². The van der Waals surface area contributed by atoms with Gasteiger partial charge in [0, 0.05) is 36.8 Å². The van der Waals surface area contributed by atoms with Crippen LogP contribution in [0.3, 0.4) is 0 Å². The lowest BCUT2D eigenvalue weighted by Gasteiger charge is -2.23. The minimum absolute atomic E-state index is 0.0453. The molecule has 1 saturated carbocycles. The third-order valence-electron chi connectivity index (χ3n) is 4.99. The molecule has 2 fully saturated rings. The molecule has 4 nitrogen and oxygen atoms in total. The molecule has 1 aliphatic carbocycles. The number of hydrogen-bond acceptors (Lipinski definition) is 2. The van der Waals surface area contributed by atoms with Crippen LogP contribution in [0.25, 0.3) is 0 Å². The summed E-state index contributed by atoms with van der Waals surface area (Å²) in [5.74, 6) is -0.198. The highest BCUT2D eigenvalue weighted by molar-refractivity contribution is 5.97. The summed E-state index contributed by atoms with van der Waals surface area (Å²) in [6.07, 6.45) is 3.44. The Morgan fingerprint density at radius 1 is 1.15 bits per heavy atom. The topological polar surface area (TPSA) is 40.6 Å². The average Bonchev–Trinajstić information content (AvgIpc) is 3.40. The van der Waals surface area contributed by atoms with Gasteiger partial charge in [0.15, 0.2) is 0 Å². The normalized spacial score (nSPS) is 16.8. The van der Waals surface area contributed by atoms with E-state index in [2.05, 4.69) is 0 Å². The third-order valence-corrected chi connectivity index (χ3v) is 4.99. The predicted octanol–water partition coefficient (Wildman–Crippen LogP) is 3.76. The minimum Gasteiger partial charge on any atom is -0.331 e. The first-order chi connectivity index (χ1) is 12.6. The lowest BCUT2D eigenvalue weighted by Crippen LogP contribution is -2.32. The minimum atomic E-state index is -0.287. The highest BCUT2D eigenvalue weighted by Crippen LogP contribution is 2.30. The lowest BCUT2D eigenvalue weighted by molar-refractivity contribution is -0.117. The smallest absolute Gasteiger partial charge is 0.254 e. The summed E-state index contributed by atoms with van der Waals surface area (Å²) in [5, 5.41) is 0. The maximum absolute atomic E-state index is 13.4. The van der Waals surface area contributed by atoms with Crippen LogP contribution in [0.15, 0.2) is 48.5 Å². The maximum atomic E-state index is 13.4. The molecular formula is C21H21FN2O2. The van der Waals surface area contributed by atoms with E-state index < -0.39 is 0 Å². The van der Waals surface area contributed by atoms with Crippen molar-refractivity contribution in [1.82, 2.24) is 4.90 Å². The zero-order chi connectivity index (χ0) is 18.1. The van der Waals surface area contributed by atoms with Gasteiger partial charge in [-0.25, -0.2) is 4.39 Å². The summed E-state index contributed by atoms with van der Waals surface area (Å²) >= 11 is 0. The molecule has 1 saturated heterocycles. The molecule has 2 amide bonds. The van der Waals surface area contributed by atoms with Crippen molar-refractivity contribution in [2.24, 2.45) is 0 Å². The van der Waals surface area contributed by atoms with Crippen molar-refractivity contribution in [3.05, 3.63) is 65.5 Å². The van der Waals surface area contributed by atoms with Crippen LogP contribution in [0.1, 0.15) is 41.6 Å². The van der Waals surface area contributed by atoms with E-state index in [4.69, 9.17) is 0 Å². The highest BCUT2D eigenvalue weighted by Gasteiger charge is 2.33. The van der Waals surface area contributed by atoms with Crippen LogP contribution in [-0.2, 0) is 11.3 Å². The second-order valence-corrected chi connectivity index (χ2v) is 6.99. The number of nitrogens with zero attached hydrogens (tertiary/aromatic N) is 2. The molecule has 0 unspecified atom stereocenters. The fourth-order valence-corrected chi connectivity index (χ4v) is 3.46. The van der Waals surface area contributed by atoms with Gasteiger partial charge in [0.2, 0.25) is 5.91 Å². The molecule has 2 aliphatic rings. The van der Waals surface area contributed by atoms with Crippen LogP contribution < -0.4 is 4.90 Å². The van der Waals surface area contributed by atoms with Crippen LogP contribution in [-0.4, -0.2) is 29.3 Å². The number of carbonyl (C=O) groups is 2. The highest BCUT2D eigenvalue weighted by atomic mass is 19.1. The number of benzene rings is 2. The summed E-state index contributed by atoms with van der Waals surface area (Å²) in [7, 11) is 0. The van der Waals surface area contributed by atoms with E-state index in [1.165, 1.54) is 12.1 Å². The number of hydrogen-bond donors (Lipinski definition) is 0. The Labute approximate surface area is 152 Å². The van der Waals surface area contributed by atoms with Crippen LogP contribution in [0.2, 0.25) is 0 Å². The monoisotopic (exact) mass is 352 g/mol. The van der Waals surface area contributed by atoms with Gasteiger partial charge in [0.05, 0.1) is 0 Å². The predicted molar refractivity (Wildman–Crippen MR) is 97.3 cm³/mol. The second kappa shape index (κ2) is 6.90. The van der Waals surface area contributed by atoms with Gasteiger partial charge in [-0.3, -0.25) is 9.59 Å². The first-order valence-electron chi connectivity index (χ1n) is 9.08. The Hall–Kier alpha value is -2.69. The van der Waals surface area contributed by atoms with Gasteiger partial charge in [-0.1, -0.05) is 12.1 Å². The molecular weight excluding hydrogens is 331 g/mol. The van der Waals surface area contributed by atoms with Gasteiger partial charge in [-0.15, -0.1) is 0 Å². The van der Waals surface area contributed by atoms with E-state index >= 15 is 0 Å². The van der Waals surface area contributed by atoms with Gasteiger partial charge in [-0.05, 0) is 61.2 Å². The van der Waals surface area contributed by atoms with Crippen molar-refractivity contribution in [3.8, 4) is 0 Å². The van der Waals surface area contributed by atoms with Crippen molar-refractivity contribution in [1.29, 1.82) is 0 Å². The Morgan fingerprint density at radius 2 is 1.92 bits per heavy atom. The molecule has 0 spiro atoms. The van der Waals surface area contributed by atoms with E-state index in [9.17, 15) is 14.0 Å². The van der Waals surface area contributed by atoms with Crippen molar-refractivity contribution in [2.45, 2.75) is 38.3 Å². The van der Waals surface area contributed by atoms with Gasteiger partial charge >= 0.3 is 0 Å². The molecule has 2 aromatic carbocycles. The average molecular weight is 352 g/mol. The number of carbonyl (C=O) groups excluding carboxylic acids is 2. The maximum Gasteiger partial charge on any atom is 0.254 e. The van der Waals surface area contributed by atoms with Crippen LogP contribution in [0.5, 0.6) is 0 Å². The zero-order valence-electron chi connectivity index (χ0n) is 14.5. The molecule has 1 aliphatic heterocycles. The lowest BCUT2D eigenvalue weighted by atomic mass is 10.1. The van der Waals surface area contributed by atoms with Crippen molar-refractivity contribution in [2.75, 3.05) is 11.4 Å². The fourth-order valence-electron chi connectivity index (χ4n) is 3.46. The molecule has 134 valence electrons. The summed E-state index contributed by atoms with van der Waals surface area (Å²) in [5.41, 5.74) is 2.24. The first kappa shape index (κ1) is 16.8. The third kappa shape index (κ3) is 3.47. The van der Waals surface area contributed by atoms with Crippen molar-refractivity contribution >= 4 is 17.5 Å². The summed E-state index contributed by atoms with van der Waals surface area (Å²) in [6.45, 7) is 1.15. The molecule has 0 aromatic heterocycles. The van der Waals surface area contributed by atoms with Crippen LogP contribution in [0.4, 0.5) is 10.1 Å². The van der Waals surface area contributed by atoms with E-state index in [0.717, 1.165) is 37.1 Å². The number of anilines is 1. The second-order valence-electron chi connectivity index (χ2n) is 6.99. The molecule has 1 heterocycles. The van der Waals surface area contributed by atoms with Crippen LogP contribution in [0, 0.1) is 5.82 Å². The SMILES string of the molecule is O=C1CCCN1c1ccc(C(=O)N(Cc2cccc(F)c2)C2CC2)cc1. The summed E-state index contributed by atoms with van der Waals surface area (Å²) in [6, 6.07) is 13.9. The molecule has 0 bridgehead atoms. The summed E-state index contributed by atoms with van der Waals surface area (Å²) < 4.78 is 13.4. The molecule has 0 radical (unpaired) electrons. The van der Waals surface area contributed by atoms with Crippen molar-refractivity contribution in [3.63, 3.8) is 0 Å². The first-order valence-corrected chi connectivity index (χ1v) is 9.08. The molecule has 5 heteroatoms. The zero-order valence-corrected chi connectivity index (χ0v) is 14.5. The van der Waals surface area contributed by atoms with Gasteiger partial charge in [-0.2, -0.15) is 0 Å². The van der Waals surface area contributed by atoms with Gasteiger partial charge in [0.25, 0.3) is 5.91 Å². The largest absolute Gasteiger partial charge is 0.331 e. The number of amides is 2. The summed E-state index contributed by atoms with van der Waals surface area (Å²) in [4.78, 5) is 28.4. The molecule has 0 atom stereocenters. The van der Waals surface area contributed by atoms with Gasteiger partial charge in [0.1, 0.15) is 5.82 Å². The van der Waals surface area contributed by atoms with E-state index in [0.29, 0.717) is 18.5 Å². The molecule has 4 rings (SSSR count). The number of halogens is 1. The number of rotatable bonds is 5. The Bertz CT molecular complexity index is 830. The Kier molecular flexibility index (Phi) is 4.45. The molecule has 2 aromatic rings. The van der Waals surface area contributed by atoms with E-state index in [-0.39, 0.29) is 23.7 Å². The molecule has 0 N–H and O–H groups in total. The molecule has 26 heavy (non-hydrogen) atoms. The van der Waals surface area contributed by atoms with E-state index in [1.807, 2.05) is 23.1 Å². The standard InChI is InChI=1S/C21H21FN2O2/c22-17-4-1-3-15(13-17)14-24(19-10-11-19)21(26)16-6-8-18(9-7-16)23-12-2-5-20(23)25/h1,3-4,6-9,13,19H,2,5,10-12,14H2. The Balaban J connectivity index is 1.51. The van der Waals surface area contributed by atoms with Gasteiger partial charge < -0.3 is 9.80 Å². The quantitative estimate of drug-likeness (QED) is 0.822.